The van der Waals surface area contributed by atoms with Crippen LogP contribution in [0.5, 0.6) is 0 Å². The second-order valence-electron chi connectivity index (χ2n) is 9.15. The number of halogens is 3. The van der Waals surface area contributed by atoms with Crippen LogP contribution in [0.25, 0.3) is 0 Å². The van der Waals surface area contributed by atoms with Crippen molar-refractivity contribution in [3.8, 4) is 0 Å². The zero-order valence-electron chi connectivity index (χ0n) is 20.2. The van der Waals surface area contributed by atoms with Gasteiger partial charge in [-0.05, 0) is 30.5 Å². The lowest BCUT2D eigenvalue weighted by Crippen LogP contribution is -2.55. The first-order valence-corrected chi connectivity index (χ1v) is 12.0. The number of hydrogen-bond donors (Lipinski definition) is 0. The first-order valence-electron chi connectivity index (χ1n) is 12.0. The Balaban J connectivity index is 1.61. The Bertz CT molecular complexity index is 1110. The molecular formula is C29H30F3NO3. The Kier molecular flexibility index (Phi) is 8.11. The molecule has 4 rings (SSSR count). The minimum absolute atomic E-state index is 0.123. The summed E-state index contributed by atoms with van der Waals surface area (Å²) in [6.07, 6.45) is -4.43. The molecule has 0 spiro atoms. The van der Waals surface area contributed by atoms with Gasteiger partial charge in [0.25, 0.3) is 5.60 Å². The maximum Gasteiger partial charge on any atom is 0.432 e. The van der Waals surface area contributed by atoms with Crippen molar-refractivity contribution in [2.24, 2.45) is 5.92 Å². The van der Waals surface area contributed by atoms with Crippen molar-refractivity contribution < 1.29 is 27.4 Å². The van der Waals surface area contributed by atoms with Crippen LogP contribution in [0.15, 0.2) is 91.0 Å². The first-order chi connectivity index (χ1) is 17.3. The summed E-state index contributed by atoms with van der Waals surface area (Å²) in [5, 5.41) is 0. The number of rotatable bonds is 8. The summed E-state index contributed by atoms with van der Waals surface area (Å²) in [5.74, 6) is -1.56. The van der Waals surface area contributed by atoms with Crippen molar-refractivity contribution in [1.82, 2.24) is 4.90 Å². The fraction of sp³-hybridized carbons (Fsp3) is 0.345. The Hall–Kier alpha value is -3.16. The molecule has 0 amide bonds. The molecule has 1 saturated heterocycles. The van der Waals surface area contributed by atoms with Crippen LogP contribution in [-0.4, -0.2) is 43.3 Å². The topological polar surface area (TPSA) is 38.8 Å². The van der Waals surface area contributed by atoms with Crippen LogP contribution in [0.3, 0.4) is 0 Å². The van der Waals surface area contributed by atoms with E-state index in [-0.39, 0.29) is 11.5 Å². The minimum atomic E-state index is -5.01. The zero-order chi connectivity index (χ0) is 25.6. The van der Waals surface area contributed by atoms with Crippen molar-refractivity contribution in [3.05, 3.63) is 108 Å². The largest absolute Gasteiger partial charge is 0.458 e. The van der Waals surface area contributed by atoms with Crippen LogP contribution in [0.4, 0.5) is 13.2 Å². The number of methoxy groups -OCH3 is 1. The number of ether oxygens (including phenoxy) is 2. The van der Waals surface area contributed by atoms with Gasteiger partial charge in [0.1, 0.15) is 6.10 Å². The lowest BCUT2D eigenvalue weighted by atomic mass is 9.87. The molecule has 0 radical (unpaired) electrons. The number of carbonyl (C=O) groups excluding carboxylic acids is 1. The fourth-order valence-corrected chi connectivity index (χ4v) is 4.91. The summed E-state index contributed by atoms with van der Waals surface area (Å²) >= 11 is 0. The van der Waals surface area contributed by atoms with Gasteiger partial charge in [0.05, 0.1) is 0 Å². The number of likely N-dealkylation sites (tertiary alicyclic amines) is 1. The van der Waals surface area contributed by atoms with Crippen molar-refractivity contribution >= 4 is 5.97 Å². The van der Waals surface area contributed by atoms with Crippen molar-refractivity contribution in [3.63, 3.8) is 0 Å². The first kappa shape index (κ1) is 25.9. The molecule has 0 saturated carbocycles. The second-order valence-corrected chi connectivity index (χ2v) is 9.15. The SMILES string of the molecule is CO[C@@](C(=O)O[C@@H]1CN(Cc2ccccc2)CC[C@H]1Cc1ccccc1)(c1ccccc1)C(F)(F)F. The van der Waals surface area contributed by atoms with E-state index in [9.17, 15) is 18.0 Å². The molecule has 3 aromatic carbocycles. The van der Waals surface area contributed by atoms with Crippen LogP contribution in [-0.2, 0) is 32.8 Å². The Labute approximate surface area is 209 Å². The van der Waals surface area contributed by atoms with Crippen molar-refractivity contribution in [1.29, 1.82) is 0 Å². The Morgan fingerprint density at radius 3 is 2.00 bits per heavy atom. The smallest absolute Gasteiger partial charge is 0.432 e. The van der Waals surface area contributed by atoms with Crippen LogP contribution in [0, 0.1) is 5.92 Å². The Morgan fingerprint density at radius 1 is 0.889 bits per heavy atom. The van der Waals surface area contributed by atoms with E-state index in [0.29, 0.717) is 25.9 Å². The van der Waals surface area contributed by atoms with E-state index in [0.717, 1.165) is 24.8 Å². The molecule has 0 N–H and O–H groups in total. The molecule has 190 valence electrons. The predicted octanol–water partition coefficient (Wildman–Crippen LogP) is 5.77. The molecule has 0 aliphatic carbocycles. The summed E-state index contributed by atoms with van der Waals surface area (Å²) in [6, 6.07) is 26.5. The van der Waals surface area contributed by atoms with E-state index < -0.39 is 23.9 Å². The van der Waals surface area contributed by atoms with E-state index in [4.69, 9.17) is 9.47 Å². The van der Waals surface area contributed by atoms with E-state index in [1.165, 1.54) is 24.3 Å². The summed E-state index contributed by atoms with van der Waals surface area (Å²) in [6.45, 7) is 1.72. The average molecular weight is 498 g/mol. The molecule has 3 atom stereocenters. The molecule has 1 aliphatic heterocycles. The van der Waals surface area contributed by atoms with Gasteiger partial charge < -0.3 is 9.47 Å². The van der Waals surface area contributed by atoms with Gasteiger partial charge in [-0.2, -0.15) is 13.2 Å². The van der Waals surface area contributed by atoms with Gasteiger partial charge >= 0.3 is 12.1 Å². The predicted molar refractivity (Wildman–Crippen MR) is 131 cm³/mol. The summed E-state index contributed by atoms with van der Waals surface area (Å²) < 4.78 is 54.0. The third-order valence-electron chi connectivity index (χ3n) is 6.80. The van der Waals surface area contributed by atoms with Crippen LogP contribution >= 0.6 is 0 Å². The van der Waals surface area contributed by atoms with Gasteiger partial charge in [-0.25, -0.2) is 4.79 Å². The highest BCUT2D eigenvalue weighted by Gasteiger charge is 2.64. The highest BCUT2D eigenvalue weighted by atomic mass is 19.4. The Morgan fingerprint density at radius 2 is 1.44 bits per heavy atom. The third-order valence-corrected chi connectivity index (χ3v) is 6.80. The van der Waals surface area contributed by atoms with Gasteiger partial charge in [0, 0.05) is 31.7 Å². The van der Waals surface area contributed by atoms with Gasteiger partial charge in [-0.1, -0.05) is 91.0 Å². The van der Waals surface area contributed by atoms with Crippen LogP contribution in [0.1, 0.15) is 23.1 Å². The molecule has 7 heteroatoms. The average Bonchev–Trinajstić information content (AvgIpc) is 2.87. The molecule has 1 fully saturated rings. The zero-order valence-corrected chi connectivity index (χ0v) is 20.2. The monoisotopic (exact) mass is 497 g/mol. The number of benzene rings is 3. The standard InChI is InChI=1S/C29H30F3NO3/c1-35-28(29(30,31)32,25-15-9-4-10-16-25)27(34)36-26-21-33(20-23-13-7-3-8-14-23)18-17-24(26)19-22-11-5-2-6-12-22/h2-16,24,26H,17-21H2,1H3/t24-,26+,28+/m0/s1. The molecule has 0 aromatic heterocycles. The summed E-state index contributed by atoms with van der Waals surface area (Å²) in [5.41, 5.74) is -1.36. The molecule has 1 heterocycles. The third kappa shape index (κ3) is 5.63. The number of piperidine rings is 1. The van der Waals surface area contributed by atoms with Gasteiger partial charge in [-0.15, -0.1) is 0 Å². The van der Waals surface area contributed by atoms with Crippen LogP contribution in [0.2, 0.25) is 0 Å². The normalized spacial score (nSPS) is 20.4. The molecule has 36 heavy (non-hydrogen) atoms. The molecule has 0 bridgehead atoms. The van der Waals surface area contributed by atoms with E-state index >= 15 is 0 Å². The number of alkyl halides is 3. The van der Waals surface area contributed by atoms with Gasteiger partial charge in [0.15, 0.2) is 0 Å². The van der Waals surface area contributed by atoms with E-state index in [1.54, 1.807) is 6.07 Å². The van der Waals surface area contributed by atoms with E-state index in [2.05, 4.69) is 4.90 Å². The minimum Gasteiger partial charge on any atom is -0.458 e. The number of carbonyl (C=O) groups is 1. The quantitative estimate of drug-likeness (QED) is 0.371. The lowest BCUT2D eigenvalue weighted by molar-refractivity contribution is -0.279. The van der Waals surface area contributed by atoms with Crippen molar-refractivity contribution in [2.75, 3.05) is 20.2 Å². The van der Waals surface area contributed by atoms with Gasteiger partial charge in [0.2, 0.25) is 0 Å². The molecule has 1 aliphatic rings. The summed E-state index contributed by atoms with van der Waals surface area (Å²) in [4.78, 5) is 15.5. The highest BCUT2D eigenvalue weighted by Crippen LogP contribution is 2.43. The lowest BCUT2D eigenvalue weighted by Gasteiger charge is -2.40. The highest BCUT2D eigenvalue weighted by molar-refractivity contribution is 5.83. The molecular weight excluding hydrogens is 467 g/mol. The number of esters is 1. The van der Waals surface area contributed by atoms with Crippen molar-refractivity contribution in [2.45, 2.75) is 37.3 Å². The number of nitrogens with zero attached hydrogens (tertiary/aromatic N) is 1. The summed E-state index contributed by atoms with van der Waals surface area (Å²) in [7, 11) is 0.895. The van der Waals surface area contributed by atoms with Crippen LogP contribution < -0.4 is 0 Å². The number of hydrogen-bond acceptors (Lipinski definition) is 4. The van der Waals surface area contributed by atoms with E-state index in [1.807, 2.05) is 60.7 Å². The van der Waals surface area contributed by atoms with Gasteiger partial charge in [-0.3, -0.25) is 4.90 Å². The second kappa shape index (κ2) is 11.3. The molecule has 4 nitrogen and oxygen atoms in total. The molecule has 3 aromatic rings. The molecule has 0 unspecified atom stereocenters. The fourth-order valence-electron chi connectivity index (χ4n) is 4.91. The maximum absolute atomic E-state index is 14.4. The maximum atomic E-state index is 14.4.